The van der Waals surface area contributed by atoms with Crippen molar-refractivity contribution < 1.29 is 23.4 Å². The minimum atomic E-state index is -0.299. The number of rotatable bonds is 8. The van der Waals surface area contributed by atoms with E-state index >= 15 is 0 Å². The molecule has 6 nitrogen and oxygen atoms in total. The van der Waals surface area contributed by atoms with Gasteiger partial charge in [0.2, 0.25) is 11.7 Å². The van der Waals surface area contributed by atoms with E-state index < -0.39 is 0 Å². The van der Waals surface area contributed by atoms with Crippen molar-refractivity contribution in [3.05, 3.63) is 52.7 Å². The molecule has 0 saturated heterocycles. The quantitative estimate of drug-likeness (QED) is 0.553. The van der Waals surface area contributed by atoms with Crippen molar-refractivity contribution >= 4 is 22.4 Å². The maximum atomic E-state index is 13.1. The van der Waals surface area contributed by atoms with Crippen LogP contribution in [0.1, 0.15) is 16.9 Å². The zero-order valence-electron chi connectivity index (χ0n) is 17.2. The van der Waals surface area contributed by atoms with Gasteiger partial charge in [-0.1, -0.05) is 0 Å². The Hall–Kier alpha value is -3.13. The van der Waals surface area contributed by atoms with Gasteiger partial charge in [0.05, 0.1) is 27.0 Å². The summed E-state index contributed by atoms with van der Waals surface area (Å²) in [6, 6.07) is 9.79. The standard InChI is InChI=1S/C22H23FN2O4S/c1-13-20(15-6-8-16(23)9-7-15)25-22(30-13)24-19(26)10-5-14-11-17(27-2)21(29-4)18(12-14)28-3/h6-9,11-12H,5,10H2,1-4H3,(H,24,25,26). The number of hydrogen-bond donors (Lipinski definition) is 1. The van der Waals surface area contributed by atoms with E-state index in [1.54, 1.807) is 33.5 Å². The first-order valence-corrected chi connectivity index (χ1v) is 10.1. The minimum Gasteiger partial charge on any atom is -0.493 e. The maximum absolute atomic E-state index is 13.1. The number of aromatic nitrogens is 1. The highest BCUT2D eigenvalue weighted by atomic mass is 32.1. The van der Waals surface area contributed by atoms with Crippen LogP contribution in [0, 0.1) is 12.7 Å². The van der Waals surface area contributed by atoms with Gasteiger partial charge < -0.3 is 19.5 Å². The van der Waals surface area contributed by atoms with E-state index in [0.717, 1.165) is 21.7 Å². The zero-order valence-corrected chi connectivity index (χ0v) is 18.1. The summed E-state index contributed by atoms with van der Waals surface area (Å²) in [5.74, 6) is 1.16. The van der Waals surface area contributed by atoms with E-state index in [2.05, 4.69) is 10.3 Å². The molecule has 1 heterocycles. The molecule has 0 fully saturated rings. The van der Waals surface area contributed by atoms with Crippen molar-refractivity contribution in [3.8, 4) is 28.5 Å². The number of carbonyl (C=O) groups excluding carboxylic acids is 1. The predicted molar refractivity (Wildman–Crippen MR) is 115 cm³/mol. The zero-order chi connectivity index (χ0) is 21.7. The van der Waals surface area contributed by atoms with Gasteiger partial charge in [-0.3, -0.25) is 4.79 Å². The molecule has 0 radical (unpaired) electrons. The van der Waals surface area contributed by atoms with Gasteiger partial charge in [-0.15, -0.1) is 11.3 Å². The van der Waals surface area contributed by atoms with Crippen LogP contribution in [0.3, 0.4) is 0 Å². The van der Waals surface area contributed by atoms with Gasteiger partial charge in [0, 0.05) is 16.9 Å². The number of halogens is 1. The van der Waals surface area contributed by atoms with Crippen molar-refractivity contribution in [2.75, 3.05) is 26.6 Å². The number of nitrogens with zero attached hydrogens (tertiary/aromatic N) is 1. The number of anilines is 1. The van der Waals surface area contributed by atoms with Crippen LogP contribution in [0.5, 0.6) is 17.2 Å². The lowest BCUT2D eigenvalue weighted by molar-refractivity contribution is -0.116. The monoisotopic (exact) mass is 430 g/mol. The van der Waals surface area contributed by atoms with Crippen LogP contribution in [-0.4, -0.2) is 32.2 Å². The largest absolute Gasteiger partial charge is 0.493 e. The summed E-state index contributed by atoms with van der Waals surface area (Å²) in [7, 11) is 4.65. The number of carbonyl (C=O) groups is 1. The molecule has 2 aromatic carbocycles. The normalized spacial score (nSPS) is 10.6. The molecule has 0 spiro atoms. The van der Waals surface area contributed by atoms with E-state index in [9.17, 15) is 9.18 Å². The fraction of sp³-hybridized carbons (Fsp3) is 0.273. The van der Waals surface area contributed by atoms with Gasteiger partial charge in [0.25, 0.3) is 0 Å². The Kier molecular flexibility index (Phi) is 6.89. The summed E-state index contributed by atoms with van der Waals surface area (Å²) >= 11 is 1.39. The molecule has 3 rings (SSSR count). The number of methoxy groups -OCH3 is 3. The van der Waals surface area contributed by atoms with Gasteiger partial charge in [-0.25, -0.2) is 9.37 Å². The van der Waals surface area contributed by atoms with E-state index in [4.69, 9.17) is 14.2 Å². The molecule has 8 heteroatoms. The second-order valence-electron chi connectivity index (χ2n) is 6.51. The molecule has 0 aliphatic heterocycles. The lowest BCUT2D eigenvalue weighted by atomic mass is 10.1. The van der Waals surface area contributed by atoms with Crippen LogP contribution in [0.4, 0.5) is 9.52 Å². The molecule has 0 unspecified atom stereocenters. The Labute approximate surface area is 178 Å². The molecular weight excluding hydrogens is 407 g/mol. The first-order chi connectivity index (χ1) is 14.4. The van der Waals surface area contributed by atoms with Crippen molar-refractivity contribution in [1.82, 2.24) is 4.98 Å². The van der Waals surface area contributed by atoms with Crippen molar-refractivity contribution in [1.29, 1.82) is 0 Å². The number of ether oxygens (including phenoxy) is 3. The van der Waals surface area contributed by atoms with Crippen LogP contribution in [0.15, 0.2) is 36.4 Å². The average Bonchev–Trinajstić information content (AvgIpc) is 3.11. The second kappa shape index (κ2) is 9.58. The number of thiazole rings is 1. The van der Waals surface area contributed by atoms with Crippen LogP contribution in [0.2, 0.25) is 0 Å². The second-order valence-corrected chi connectivity index (χ2v) is 7.72. The molecule has 1 aromatic heterocycles. The van der Waals surface area contributed by atoms with Crippen LogP contribution in [0.25, 0.3) is 11.3 Å². The van der Waals surface area contributed by atoms with Crippen LogP contribution >= 0.6 is 11.3 Å². The van der Waals surface area contributed by atoms with Gasteiger partial charge in [0.15, 0.2) is 16.6 Å². The van der Waals surface area contributed by atoms with Crippen molar-refractivity contribution in [2.45, 2.75) is 19.8 Å². The summed E-state index contributed by atoms with van der Waals surface area (Å²) in [5.41, 5.74) is 2.44. The highest BCUT2D eigenvalue weighted by molar-refractivity contribution is 7.16. The van der Waals surface area contributed by atoms with Crippen molar-refractivity contribution in [2.24, 2.45) is 0 Å². The molecule has 1 N–H and O–H groups in total. The fourth-order valence-corrected chi connectivity index (χ4v) is 3.90. The third kappa shape index (κ3) is 4.88. The topological polar surface area (TPSA) is 69.7 Å². The fourth-order valence-electron chi connectivity index (χ4n) is 3.04. The maximum Gasteiger partial charge on any atom is 0.226 e. The molecule has 0 bridgehead atoms. The summed E-state index contributed by atoms with van der Waals surface area (Å²) in [6.45, 7) is 1.92. The van der Waals surface area contributed by atoms with Gasteiger partial charge in [-0.05, 0) is 55.3 Å². The molecule has 1 amide bonds. The molecule has 3 aromatic rings. The lowest BCUT2D eigenvalue weighted by Crippen LogP contribution is -2.12. The summed E-state index contributed by atoms with van der Waals surface area (Å²) in [6.07, 6.45) is 0.765. The third-order valence-corrected chi connectivity index (χ3v) is 5.41. The Balaban J connectivity index is 1.67. The van der Waals surface area contributed by atoms with Crippen molar-refractivity contribution in [3.63, 3.8) is 0 Å². The van der Waals surface area contributed by atoms with E-state index in [1.807, 2.05) is 19.1 Å². The SMILES string of the molecule is COc1cc(CCC(=O)Nc2nc(-c3ccc(F)cc3)c(C)s2)cc(OC)c1OC. The van der Waals surface area contributed by atoms with E-state index in [1.165, 1.54) is 23.5 Å². The third-order valence-electron chi connectivity index (χ3n) is 4.53. The van der Waals surface area contributed by atoms with Gasteiger partial charge in [0.1, 0.15) is 5.82 Å². The molecule has 30 heavy (non-hydrogen) atoms. The molecule has 0 aliphatic carbocycles. The van der Waals surface area contributed by atoms with Crippen LogP contribution in [-0.2, 0) is 11.2 Å². The lowest BCUT2D eigenvalue weighted by Gasteiger charge is -2.14. The van der Waals surface area contributed by atoms with Gasteiger partial charge in [-0.2, -0.15) is 0 Å². The first-order valence-electron chi connectivity index (χ1n) is 9.27. The summed E-state index contributed by atoms with van der Waals surface area (Å²) in [4.78, 5) is 17.9. The molecule has 0 aliphatic rings. The highest BCUT2D eigenvalue weighted by Crippen LogP contribution is 2.38. The summed E-state index contributed by atoms with van der Waals surface area (Å²) in [5, 5.41) is 3.36. The van der Waals surface area contributed by atoms with E-state index in [-0.39, 0.29) is 18.1 Å². The average molecular weight is 431 g/mol. The number of hydrogen-bond acceptors (Lipinski definition) is 6. The summed E-state index contributed by atoms with van der Waals surface area (Å²) < 4.78 is 29.2. The molecule has 0 atom stereocenters. The molecular formula is C22H23FN2O4S. The number of aryl methyl sites for hydroxylation is 2. The number of benzene rings is 2. The first kappa shape index (κ1) is 21.6. The Morgan fingerprint density at radius 2 is 1.70 bits per heavy atom. The minimum absolute atomic E-state index is 0.150. The van der Waals surface area contributed by atoms with Gasteiger partial charge >= 0.3 is 0 Å². The number of amides is 1. The molecule has 0 saturated carbocycles. The highest BCUT2D eigenvalue weighted by Gasteiger charge is 2.15. The molecule has 158 valence electrons. The Morgan fingerprint density at radius 1 is 1.07 bits per heavy atom. The number of nitrogens with one attached hydrogen (secondary N) is 1. The Bertz CT molecular complexity index is 1010. The van der Waals surface area contributed by atoms with Crippen LogP contribution < -0.4 is 19.5 Å². The predicted octanol–water partition coefficient (Wildman–Crippen LogP) is 4.85. The Morgan fingerprint density at radius 3 is 2.27 bits per heavy atom. The van der Waals surface area contributed by atoms with E-state index in [0.29, 0.717) is 28.8 Å². The smallest absolute Gasteiger partial charge is 0.226 e.